The molecule has 2 aromatic carbocycles. The second-order valence-electron chi connectivity index (χ2n) is 8.98. The van der Waals surface area contributed by atoms with Gasteiger partial charge in [0.2, 0.25) is 5.89 Å². The zero-order valence-corrected chi connectivity index (χ0v) is 18.8. The van der Waals surface area contributed by atoms with Gasteiger partial charge < -0.3 is 23.5 Å². The van der Waals surface area contributed by atoms with Crippen molar-refractivity contribution in [3.8, 4) is 11.5 Å². The zero-order valence-electron chi connectivity index (χ0n) is 18.8. The van der Waals surface area contributed by atoms with Crippen LogP contribution in [0.2, 0.25) is 0 Å². The molecule has 3 aliphatic heterocycles. The van der Waals surface area contributed by atoms with Crippen LogP contribution in [0, 0.1) is 0 Å². The minimum Gasteiger partial charge on any atom is -0.403 e. The molecule has 0 aliphatic carbocycles. The van der Waals surface area contributed by atoms with Crippen molar-refractivity contribution in [1.29, 1.82) is 0 Å². The Labute approximate surface area is 193 Å². The normalized spacial score (nSPS) is 20.4. The molecule has 3 saturated heterocycles. The number of nitrogens with zero attached hydrogens (tertiary/aromatic N) is 5. The Morgan fingerprint density at radius 2 is 1.82 bits per heavy atom. The van der Waals surface area contributed by atoms with Crippen LogP contribution in [0.15, 0.2) is 65.2 Å². The SMILES string of the molecule is c1ccc(COCCn2ccc3ccc(-c4nnc(N5CCN6CCC5CC6)o4)cc32)cc1. The molecule has 170 valence electrons. The van der Waals surface area contributed by atoms with Crippen LogP contribution in [-0.2, 0) is 17.9 Å². The molecule has 3 aliphatic rings. The first kappa shape index (κ1) is 20.4. The molecular weight excluding hydrogens is 414 g/mol. The van der Waals surface area contributed by atoms with Crippen LogP contribution in [-0.4, -0.2) is 58.5 Å². The van der Waals surface area contributed by atoms with Gasteiger partial charge in [-0.3, -0.25) is 0 Å². The molecule has 5 heterocycles. The van der Waals surface area contributed by atoms with Gasteiger partial charge in [0, 0.05) is 56.0 Å². The highest BCUT2D eigenvalue weighted by Crippen LogP contribution is 2.30. The third-order valence-electron chi connectivity index (χ3n) is 6.92. The number of hydrogen-bond donors (Lipinski definition) is 0. The summed E-state index contributed by atoms with van der Waals surface area (Å²) in [6.07, 6.45) is 4.45. The average molecular weight is 444 g/mol. The second-order valence-corrected chi connectivity index (χ2v) is 8.98. The molecular formula is C26H29N5O2. The number of piperidine rings is 1. The highest BCUT2D eigenvalue weighted by molar-refractivity contribution is 5.84. The van der Waals surface area contributed by atoms with Crippen molar-refractivity contribution < 1.29 is 9.15 Å². The molecule has 7 nitrogen and oxygen atoms in total. The molecule has 3 fully saturated rings. The smallest absolute Gasteiger partial charge is 0.318 e. The summed E-state index contributed by atoms with van der Waals surface area (Å²) in [4.78, 5) is 4.84. The number of anilines is 1. The molecule has 0 unspecified atom stereocenters. The van der Waals surface area contributed by atoms with Gasteiger partial charge in [0.15, 0.2) is 0 Å². The topological polar surface area (TPSA) is 59.6 Å². The van der Waals surface area contributed by atoms with Gasteiger partial charge in [0.1, 0.15) is 0 Å². The lowest BCUT2D eigenvalue weighted by molar-refractivity contribution is 0.114. The van der Waals surface area contributed by atoms with Gasteiger partial charge >= 0.3 is 6.01 Å². The van der Waals surface area contributed by atoms with E-state index in [2.05, 4.69) is 67.2 Å². The molecule has 0 atom stereocenters. The van der Waals surface area contributed by atoms with Crippen LogP contribution >= 0.6 is 0 Å². The molecule has 2 bridgehead atoms. The number of ether oxygens (including phenoxy) is 1. The third kappa shape index (κ3) is 4.26. The number of aromatic nitrogens is 3. The van der Waals surface area contributed by atoms with Crippen molar-refractivity contribution in [2.45, 2.75) is 32.0 Å². The van der Waals surface area contributed by atoms with Crippen LogP contribution in [0.1, 0.15) is 18.4 Å². The Morgan fingerprint density at radius 3 is 2.70 bits per heavy atom. The minimum atomic E-state index is 0.507. The van der Waals surface area contributed by atoms with E-state index in [0.29, 0.717) is 31.2 Å². The number of hydrogen-bond acceptors (Lipinski definition) is 6. The first-order valence-corrected chi connectivity index (χ1v) is 11.9. The van der Waals surface area contributed by atoms with Gasteiger partial charge in [0.05, 0.1) is 13.2 Å². The lowest BCUT2D eigenvalue weighted by atomic mass is 10.1. The fraction of sp³-hybridized carbons (Fsp3) is 0.385. The lowest BCUT2D eigenvalue weighted by Crippen LogP contribution is -2.38. The zero-order chi connectivity index (χ0) is 22.0. The van der Waals surface area contributed by atoms with E-state index in [9.17, 15) is 0 Å². The molecule has 0 N–H and O–H groups in total. The van der Waals surface area contributed by atoms with Crippen LogP contribution in [0.4, 0.5) is 6.01 Å². The number of benzene rings is 2. The van der Waals surface area contributed by atoms with E-state index in [1.54, 1.807) is 0 Å². The summed E-state index contributed by atoms with van der Waals surface area (Å²) >= 11 is 0. The summed E-state index contributed by atoms with van der Waals surface area (Å²) in [5.74, 6) is 0.582. The van der Waals surface area contributed by atoms with Crippen molar-refractivity contribution in [1.82, 2.24) is 19.7 Å². The maximum absolute atomic E-state index is 6.18. The molecule has 0 saturated carbocycles. The Morgan fingerprint density at radius 1 is 0.939 bits per heavy atom. The van der Waals surface area contributed by atoms with Crippen LogP contribution in [0.5, 0.6) is 0 Å². The monoisotopic (exact) mass is 443 g/mol. The second kappa shape index (κ2) is 9.00. The standard InChI is InChI=1S/C26H29N5O2/c1-2-4-20(5-3-1)19-32-17-16-30-13-8-21-6-7-22(18-24(21)30)25-27-28-26(33-25)31-15-14-29-11-9-23(31)10-12-29/h1-8,13,18,23H,9-12,14-17,19H2. The summed E-state index contributed by atoms with van der Waals surface area (Å²) in [5.41, 5.74) is 3.30. The van der Waals surface area contributed by atoms with Crippen molar-refractivity contribution >= 4 is 16.9 Å². The molecule has 33 heavy (non-hydrogen) atoms. The third-order valence-corrected chi connectivity index (χ3v) is 6.92. The van der Waals surface area contributed by atoms with E-state index in [-0.39, 0.29) is 0 Å². The minimum absolute atomic E-state index is 0.507. The lowest BCUT2D eigenvalue weighted by Gasteiger charge is -2.29. The molecule has 0 amide bonds. The van der Waals surface area contributed by atoms with E-state index >= 15 is 0 Å². The van der Waals surface area contributed by atoms with Crippen molar-refractivity contribution in [3.05, 3.63) is 66.4 Å². The van der Waals surface area contributed by atoms with E-state index in [4.69, 9.17) is 9.15 Å². The van der Waals surface area contributed by atoms with Crippen molar-refractivity contribution in [3.63, 3.8) is 0 Å². The van der Waals surface area contributed by atoms with E-state index in [0.717, 1.165) is 30.7 Å². The highest BCUT2D eigenvalue weighted by atomic mass is 16.5. The summed E-state index contributed by atoms with van der Waals surface area (Å²) in [7, 11) is 0. The fourth-order valence-corrected chi connectivity index (χ4v) is 5.03. The summed E-state index contributed by atoms with van der Waals surface area (Å²) in [6, 6.07) is 19.9. The van der Waals surface area contributed by atoms with E-state index in [1.807, 2.05) is 18.2 Å². The first-order chi connectivity index (χ1) is 16.3. The van der Waals surface area contributed by atoms with Crippen LogP contribution in [0.3, 0.4) is 0 Å². The van der Waals surface area contributed by atoms with Gasteiger partial charge in [-0.2, -0.15) is 0 Å². The number of rotatable bonds is 7. The van der Waals surface area contributed by atoms with Gasteiger partial charge in [-0.25, -0.2) is 0 Å². The van der Waals surface area contributed by atoms with Gasteiger partial charge in [-0.05, 0) is 42.0 Å². The predicted octanol–water partition coefficient (Wildman–Crippen LogP) is 4.19. The maximum atomic E-state index is 6.18. The maximum Gasteiger partial charge on any atom is 0.318 e. The average Bonchev–Trinajstić information content (AvgIpc) is 3.40. The van der Waals surface area contributed by atoms with Gasteiger partial charge in [-0.1, -0.05) is 41.5 Å². The highest BCUT2D eigenvalue weighted by Gasteiger charge is 2.31. The molecule has 7 heteroatoms. The Hall–Kier alpha value is -3.16. The quantitative estimate of drug-likeness (QED) is 0.399. The van der Waals surface area contributed by atoms with Gasteiger partial charge in [-0.15, -0.1) is 5.10 Å². The van der Waals surface area contributed by atoms with Crippen LogP contribution < -0.4 is 4.90 Å². The molecule has 0 spiro atoms. The summed E-state index contributed by atoms with van der Waals surface area (Å²) in [5, 5.41) is 10.0. The molecule has 2 aromatic heterocycles. The first-order valence-electron chi connectivity index (χ1n) is 11.9. The largest absolute Gasteiger partial charge is 0.403 e. The summed E-state index contributed by atoms with van der Waals surface area (Å²) in [6.45, 7) is 6.44. The summed E-state index contributed by atoms with van der Waals surface area (Å²) < 4.78 is 14.3. The van der Waals surface area contributed by atoms with Crippen molar-refractivity contribution in [2.75, 3.05) is 37.7 Å². The molecule has 7 rings (SSSR count). The Balaban J connectivity index is 1.16. The van der Waals surface area contributed by atoms with E-state index < -0.39 is 0 Å². The Bertz CT molecular complexity index is 1210. The molecule has 4 aromatic rings. The predicted molar refractivity (Wildman–Crippen MR) is 128 cm³/mol. The van der Waals surface area contributed by atoms with Crippen LogP contribution in [0.25, 0.3) is 22.4 Å². The number of fused-ring (bicyclic) bond motifs is 5. The van der Waals surface area contributed by atoms with E-state index in [1.165, 1.54) is 36.9 Å². The van der Waals surface area contributed by atoms with Gasteiger partial charge in [0.25, 0.3) is 0 Å². The fourth-order valence-electron chi connectivity index (χ4n) is 5.03. The van der Waals surface area contributed by atoms with Crippen molar-refractivity contribution in [2.24, 2.45) is 0 Å². The molecule has 0 radical (unpaired) electrons. The Kier molecular flexibility index (Phi) is 5.58.